The number of rotatable bonds is 4. The number of benzene rings is 1. The summed E-state index contributed by atoms with van der Waals surface area (Å²) in [5.41, 5.74) is 5.85. The molecule has 4 nitrogen and oxygen atoms in total. The molecule has 0 aliphatic carbocycles. The Labute approximate surface area is 112 Å². The van der Waals surface area contributed by atoms with E-state index in [0.717, 1.165) is 13.1 Å². The molecule has 5 heteroatoms. The highest BCUT2D eigenvalue weighted by Gasteiger charge is 2.18. The minimum absolute atomic E-state index is 0.000224. The van der Waals surface area contributed by atoms with Gasteiger partial charge < -0.3 is 11.1 Å². The number of nitrogens with one attached hydrogen (secondary N) is 1. The molecule has 1 aliphatic rings. The molecule has 0 radical (unpaired) electrons. The Kier molecular flexibility index (Phi) is 4.37. The van der Waals surface area contributed by atoms with Gasteiger partial charge in [0.2, 0.25) is 0 Å². The molecule has 1 aromatic rings. The van der Waals surface area contributed by atoms with Crippen molar-refractivity contribution in [3.63, 3.8) is 0 Å². The molecular formula is C14H20FN3O. The average molecular weight is 265 g/mol. The third-order valence-electron chi connectivity index (χ3n) is 3.58. The monoisotopic (exact) mass is 265 g/mol. The lowest BCUT2D eigenvalue weighted by Crippen LogP contribution is -2.40. The molecule has 19 heavy (non-hydrogen) atoms. The number of anilines is 1. The Morgan fingerprint density at radius 3 is 2.79 bits per heavy atom. The Hall–Kier alpha value is -1.62. The van der Waals surface area contributed by atoms with Crippen LogP contribution in [-0.2, 0) is 0 Å². The molecule has 1 heterocycles. The van der Waals surface area contributed by atoms with Crippen molar-refractivity contribution < 1.29 is 9.18 Å². The van der Waals surface area contributed by atoms with Gasteiger partial charge in [-0.25, -0.2) is 4.39 Å². The third-order valence-corrected chi connectivity index (χ3v) is 3.58. The Morgan fingerprint density at radius 1 is 1.47 bits per heavy atom. The first-order valence-corrected chi connectivity index (χ1v) is 6.65. The van der Waals surface area contributed by atoms with Gasteiger partial charge in [-0.3, -0.25) is 9.69 Å². The van der Waals surface area contributed by atoms with E-state index >= 15 is 0 Å². The number of carbonyl (C=O) groups excluding carboxylic acids is 1. The zero-order valence-electron chi connectivity index (χ0n) is 11.2. The number of likely N-dealkylation sites (tertiary alicyclic amines) is 1. The SMILES string of the molecule is CC(CNC(=O)c1ccc(F)c(N)c1)N1CCCC1. The largest absolute Gasteiger partial charge is 0.396 e. The standard InChI is InChI=1S/C14H20FN3O/c1-10(18-6-2-3-7-18)9-17-14(19)11-4-5-12(15)13(16)8-11/h4-5,8,10H,2-3,6-7,9,16H2,1H3,(H,17,19). The summed E-state index contributed by atoms with van der Waals surface area (Å²) in [6, 6.07) is 4.35. The number of carbonyl (C=O) groups is 1. The summed E-state index contributed by atoms with van der Waals surface area (Å²) < 4.78 is 13.0. The topological polar surface area (TPSA) is 58.4 Å². The van der Waals surface area contributed by atoms with Crippen molar-refractivity contribution in [3.8, 4) is 0 Å². The fourth-order valence-electron chi connectivity index (χ4n) is 2.34. The minimum Gasteiger partial charge on any atom is -0.396 e. The lowest BCUT2D eigenvalue weighted by molar-refractivity contribution is 0.0940. The molecule has 1 aromatic carbocycles. The van der Waals surface area contributed by atoms with E-state index < -0.39 is 5.82 Å². The van der Waals surface area contributed by atoms with Gasteiger partial charge in [-0.15, -0.1) is 0 Å². The van der Waals surface area contributed by atoms with Gasteiger partial charge in [0.1, 0.15) is 5.82 Å². The van der Waals surface area contributed by atoms with Crippen molar-refractivity contribution in [1.82, 2.24) is 10.2 Å². The highest BCUT2D eigenvalue weighted by molar-refractivity contribution is 5.95. The summed E-state index contributed by atoms with van der Waals surface area (Å²) in [7, 11) is 0. The molecule has 0 saturated carbocycles. The van der Waals surface area contributed by atoms with E-state index in [1.165, 1.54) is 31.0 Å². The van der Waals surface area contributed by atoms with E-state index in [2.05, 4.69) is 17.1 Å². The maximum Gasteiger partial charge on any atom is 0.251 e. The van der Waals surface area contributed by atoms with Crippen LogP contribution in [0.3, 0.4) is 0 Å². The van der Waals surface area contributed by atoms with Gasteiger partial charge in [0.15, 0.2) is 0 Å². The lowest BCUT2D eigenvalue weighted by atomic mass is 10.2. The maximum absolute atomic E-state index is 13.0. The van der Waals surface area contributed by atoms with Crippen LogP contribution >= 0.6 is 0 Å². The van der Waals surface area contributed by atoms with Gasteiger partial charge in [-0.05, 0) is 51.1 Å². The van der Waals surface area contributed by atoms with Crippen LogP contribution < -0.4 is 11.1 Å². The summed E-state index contributed by atoms with van der Waals surface area (Å²) in [6.07, 6.45) is 2.46. The molecule has 0 bridgehead atoms. The van der Waals surface area contributed by atoms with Crippen molar-refractivity contribution in [3.05, 3.63) is 29.6 Å². The molecule has 1 saturated heterocycles. The summed E-state index contributed by atoms with van der Waals surface area (Å²) >= 11 is 0. The zero-order valence-corrected chi connectivity index (χ0v) is 11.2. The van der Waals surface area contributed by atoms with Crippen LogP contribution in [0.5, 0.6) is 0 Å². The Bertz CT molecular complexity index is 458. The van der Waals surface area contributed by atoms with Gasteiger partial charge in [0, 0.05) is 18.2 Å². The predicted octanol–water partition coefficient (Wildman–Crippen LogP) is 1.62. The summed E-state index contributed by atoms with van der Waals surface area (Å²) in [5, 5.41) is 2.86. The minimum atomic E-state index is -0.498. The van der Waals surface area contributed by atoms with E-state index in [1.54, 1.807) is 0 Å². The smallest absolute Gasteiger partial charge is 0.251 e. The first-order chi connectivity index (χ1) is 9.08. The van der Waals surface area contributed by atoms with E-state index in [-0.39, 0.29) is 11.6 Å². The molecule has 2 rings (SSSR count). The van der Waals surface area contributed by atoms with E-state index in [9.17, 15) is 9.18 Å². The molecule has 1 unspecified atom stereocenters. The summed E-state index contributed by atoms with van der Waals surface area (Å²) in [6.45, 7) is 4.89. The van der Waals surface area contributed by atoms with Crippen molar-refractivity contribution in [2.75, 3.05) is 25.4 Å². The van der Waals surface area contributed by atoms with Crippen LogP contribution in [0.4, 0.5) is 10.1 Å². The van der Waals surface area contributed by atoms with Gasteiger partial charge in [0.05, 0.1) is 5.69 Å². The number of hydrogen-bond donors (Lipinski definition) is 2. The second kappa shape index (κ2) is 6.02. The van der Waals surface area contributed by atoms with Crippen molar-refractivity contribution in [1.29, 1.82) is 0 Å². The highest BCUT2D eigenvalue weighted by atomic mass is 19.1. The van der Waals surface area contributed by atoms with Crippen molar-refractivity contribution in [2.24, 2.45) is 0 Å². The number of nitrogen functional groups attached to an aromatic ring is 1. The molecule has 3 N–H and O–H groups in total. The molecule has 104 valence electrons. The second-order valence-electron chi connectivity index (χ2n) is 5.04. The van der Waals surface area contributed by atoms with Crippen LogP contribution in [-0.4, -0.2) is 36.5 Å². The summed E-state index contributed by atoms with van der Waals surface area (Å²) in [5.74, 6) is -0.709. The van der Waals surface area contributed by atoms with Crippen molar-refractivity contribution >= 4 is 11.6 Å². The quantitative estimate of drug-likeness (QED) is 0.813. The van der Waals surface area contributed by atoms with Crippen molar-refractivity contribution in [2.45, 2.75) is 25.8 Å². The molecule has 0 spiro atoms. The first kappa shape index (κ1) is 13.8. The number of halogens is 1. The molecule has 1 fully saturated rings. The molecule has 1 atom stereocenters. The van der Waals surface area contributed by atoms with E-state index in [4.69, 9.17) is 5.73 Å². The third kappa shape index (κ3) is 3.44. The molecule has 1 aliphatic heterocycles. The highest BCUT2D eigenvalue weighted by Crippen LogP contribution is 2.13. The fourth-order valence-corrected chi connectivity index (χ4v) is 2.34. The Morgan fingerprint density at radius 2 is 2.16 bits per heavy atom. The number of amides is 1. The Balaban J connectivity index is 1.88. The lowest BCUT2D eigenvalue weighted by Gasteiger charge is -2.23. The van der Waals surface area contributed by atoms with Crippen LogP contribution in [0.2, 0.25) is 0 Å². The van der Waals surface area contributed by atoms with E-state index in [0.29, 0.717) is 18.2 Å². The van der Waals surface area contributed by atoms with Crippen LogP contribution in [0.15, 0.2) is 18.2 Å². The number of hydrogen-bond acceptors (Lipinski definition) is 3. The average Bonchev–Trinajstić information content (AvgIpc) is 2.92. The summed E-state index contributed by atoms with van der Waals surface area (Å²) in [4.78, 5) is 14.3. The van der Waals surface area contributed by atoms with E-state index in [1.807, 2.05) is 0 Å². The molecular weight excluding hydrogens is 245 g/mol. The number of nitrogens with two attached hydrogens (primary N) is 1. The predicted molar refractivity (Wildman–Crippen MR) is 73.4 cm³/mol. The van der Waals surface area contributed by atoms with Crippen LogP contribution in [0.25, 0.3) is 0 Å². The maximum atomic E-state index is 13.0. The molecule has 1 amide bonds. The fraction of sp³-hybridized carbons (Fsp3) is 0.500. The van der Waals surface area contributed by atoms with Gasteiger partial charge in [-0.1, -0.05) is 0 Å². The normalized spacial score (nSPS) is 17.4. The van der Waals surface area contributed by atoms with Crippen LogP contribution in [0.1, 0.15) is 30.1 Å². The van der Waals surface area contributed by atoms with Gasteiger partial charge in [0.25, 0.3) is 5.91 Å². The van der Waals surface area contributed by atoms with Gasteiger partial charge >= 0.3 is 0 Å². The second-order valence-corrected chi connectivity index (χ2v) is 5.04. The molecule has 0 aromatic heterocycles. The first-order valence-electron chi connectivity index (χ1n) is 6.65. The number of nitrogens with zero attached hydrogens (tertiary/aromatic N) is 1. The zero-order chi connectivity index (χ0) is 13.8. The van der Waals surface area contributed by atoms with Crippen LogP contribution in [0, 0.1) is 5.82 Å². The van der Waals surface area contributed by atoms with Gasteiger partial charge in [-0.2, -0.15) is 0 Å².